The van der Waals surface area contributed by atoms with Gasteiger partial charge in [0.15, 0.2) is 5.13 Å². The Morgan fingerprint density at radius 2 is 2.20 bits per heavy atom. The Bertz CT molecular complexity index is 1090. The van der Waals surface area contributed by atoms with Gasteiger partial charge in [0, 0.05) is 23.4 Å². The molecule has 1 fully saturated rings. The predicted octanol–water partition coefficient (Wildman–Crippen LogP) is 2.30. The minimum Gasteiger partial charge on any atom is -0.307 e. The third kappa shape index (κ3) is 2.89. The van der Waals surface area contributed by atoms with Gasteiger partial charge in [-0.25, -0.2) is 9.78 Å². The molecule has 25 heavy (non-hydrogen) atoms. The van der Waals surface area contributed by atoms with Crippen LogP contribution in [0.25, 0.3) is 10.9 Å². The monoisotopic (exact) mass is 356 g/mol. The van der Waals surface area contributed by atoms with Crippen LogP contribution in [0.1, 0.15) is 41.7 Å². The van der Waals surface area contributed by atoms with E-state index < -0.39 is 5.69 Å². The highest BCUT2D eigenvalue weighted by Crippen LogP contribution is 2.40. The fourth-order valence-electron chi connectivity index (χ4n) is 2.76. The van der Waals surface area contributed by atoms with E-state index in [1.807, 2.05) is 5.38 Å². The number of rotatable bonds is 4. The molecule has 0 atom stereocenters. The molecular formula is C17H16N4O3S. The maximum Gasteiger partial charge on any atom is 0.328 e. The van der Waals surface area contributed by atoms with Crippen molar-refractivity contribution in [3.63, 3.8) is 0 Å². The van der Waals surface area contributed by atoms with E-state index in [1.54, 1.807) is 19.1 Å². The zero-order valence-electron chi connectivity index (χ0n) is 13.5. The number of carbonyl (C=O) groups excluding carboxylic acids is 1. The summed E-state index contributed by atoms with van der Waals surface area (Å²) in [5.74, 6) is 0.215. The van der Waals surface area contributed by atoms with Crippen molar-refractivity contribution in [2.24, 2.45) is 0 Å². The number of thiazole rings is 1. The molecule has 0 saturated heterocycles. The number of amides is 1. The molecule has 128 valence electrons. The molecule has 0 aliphatic heterocycles. The maximum atomic E-state index is 12.4. The standard InChI is InChI=1S/C17H16N4O3S/c1-2-21-15(23)11-6-5-10(7-12(11)19-17(21)24)14(22)20-16-18-13(8-25-16)9-3-4-9/h5-9H,2-4H2,1H3,(H,19,24)(H,18,20,22). The lowest BCUT2D eigenvalue weighted by Crippen LogP contribution is -2.34. The predicted molar refractivity (Wildman–Crippen MR) is 96.5 cm³/mol. The molecule has 1 saturated carbocycles. The molecule has 1 amide bonds. The molecule has 1 aliphatic rings. The number of carbonyl (C=O) groups is 1. The van der Waals surface area contributed by atoms with Crippen LogP contribution in [-0.2, 0) is 6.54 Å². The molecule has 3 aromatic rings. The molecule has 7 nitrogen and oxygen atoms in total. The summed E-state index contributed by atoms with van der Waals surface area (Å²) in [6, 6.07) is 4.65. The average molecular weight is 356 g/mol. The first kappa shape index (κ1) is 15.8. The highest BCUT2D eigenvalue weighted by molar-refractivity contribution is 7.14. The van der Waals surface area contributed by atoms with Crippen LogP contribution in [0.2, 0.25) is 0 Å². The van der Waals surface area contributed by atoms with E-state index in [4.69, 9.17) is 0 Å². The second-order valence-corrected chi connectivity index (χ2v) is 6.90. The van der Waals surface area contributed by atoms with Crippen LogP contribution in [0, 0.1) is 0 Å². The Labute approximate surface area is 146 Å². The fraction of sp³-hybridized carbons (Fsp3) is 0.294. The molecular weight excluding hydrogens is 340 g/mol. The second kappa shape index (κ2) is 5.96. The third-order valence-electron chi connectivity index (χ3n) is 4.30. The number of benzene rings is 1. The van der Waals surface area contributed by atoms with Gasteiger partial charge in [0.1, 0.15) is 0 Å². The van der Waals surface area contributed by atoms with Gasteiger partial charge >= 0.3 is 5.69 Å². The van der Waals surface area contributed by atoms with Gasteiger partial charge in [-0.05, 0) is 38.0 Å². The maximum absolute atomic E-state index is 12.4. The lowest BCUT2D eigenvalue weighted by atomic mass is 10.1. The summed E-state index contributed by atoms with van der Waals surface area (Å²) in [7, 11) is 0. The van der Waals surface area contributed by atoms with E-state index in [1.165, 1.54) is 17.4 Å². The van der Waals surface area contributed by atoms with E-state index in [0.717, 1.165) is 23.1 Å². The van der Waals surface area contributed by atoms with Gasteiger partial charge < -0.3 is 4.98 Å². The van der Waals surface area contributed by atoms with Gasteiger partial charge in [-0.3, -0.25) is 19.5 Å². The first-order chi connectivity index (χ1) is 12.1. The molecule has 1 aliphatic carbocycles. The van der Waals surface area contributed by atoms with Crippen LogP contribution in [-0.4, -0.2) is 20.4 Å². The minimum atomic E-state index is -0.480. The number of hydrogen-bond acceptors (Lipinski definition) is 5. The van der Waals surface area contributed by atoms with Crippen LogP contribution in [0.15, 0.2) is 33.2 Å². The number of aromatic nitrogens is 3. The summed E-state index contributed by atoms with van der Waals surface area (Å²) in [5, 5.41) is 5.68. The zero-order chi connectivity index (χ0) is 17.6. The van der Waals surface area contributed by atoms with E-state index >= 15 is 0 Å². The number of hydrogen-bond donors (Lipinski definition) is 2. The van der Waals surface area contributed by atoms with Gasteiger partial charge in [-0.15, -0.1) is 11.3 Å². The smallest absolute Gasteiger partial charge is 0.307 e. The largest absolute Gasteiger partial charge is 0.328 e. The van der Waals surface area contributed by atoms with Crippen molar-refractivity contribution in [2.45, 2.75) is 32.2 Å². The van der Waals surface area contributed by atoms with Crippen LogP contribution in [0.5, 0.6) is 0 Å². The van der Waals surface area contributed by atoms with E-state index in [2.05, 4.69) is 15.3 Å². The molecule has 2 N–H and O–H groups in total. The van der Waals surface area contributed by atoms with Crippen molar-refractivity contribution < 1.29 is 4.79 Å². The summed E-state index contributed by atoms with van der Waals surface area (Å²) < 4.78 is 1.12. The normalized spacial score (nSPS) is 14.0. The molecule has 0 spiro atoms. The van der Waals surface area contributed by atoms with Crippen molar-refractivity contribution >= 4 is 33.3 Å². The van der Waals surface area contributed by atoms with Crippen molar-refractivity contribution in [2.75, 3.05) is 5.32 Å². The van der Waals surface area contributed by atoms with Gasteiger partial charge in [0.25, 0.3) is 11.5 Å². The molecule has 2 aromatic heterocycles. The van der Waals surface area contributed by atoms with Crippen molar-refractivity contribution in [1.82, 2.24) is 14.5 Å². The topological polar surface area (TPSA) is 96.8 Å². The highest BCUT2D eigenvalue weighted by atomic mass is 32.1. The second-order valence-electron chi connectivity index (χ2n) is 6.05. The highest BCUT2D eigenvalue weighted by Gasteiger charge is 2.26. The lowest BCUT2D eigenvalue weighted by molar-refractivity contribution is 0.102. The summed E-state index contributed by atoms with van der Waals surface area (Å²) in [6.45, 7) is 2.02. The van der Waals surface area contributed by atoms with Crippen LogP contribution in [0.3, 0.4) is 0 Å². The quantitative estimate of drug-likeness (QED) is 0.749. The fourth-order valence-corrected chi connectivity index (χ4v) is 3.55. The summed E-state index contributed by atoms with van der Waals surface area (Å²) in [6.07, 6.45) is 2.31. The average Bonchev–Trinajstić information content (AvgIpc) is 3.34. The van der Waals surface area contributed by atoms with Crippen LogP contribution >= 0.6 is 11.3 Å². The van der Waals surface area contributed by atoms with E-state index in [9.17, 15) is 14.4 Å². The molecule has 8 heteroatoms. The Morgan fingerprint density at radius 1 is 1.40 bits per heavy atom. The number of fused-ring (bicyclic) bond motifs is 1. The molecule has 0 bridgehead atoms. The van der Waals surface area contributed by atoms with Crippen molar-refractivity contribution in [3.8, 4) is 0 Å². The molecule has 0 radical (unpaired) electrons. The first-order valence-electron chi connectivity index (χ1n) is 8.10. The number of nitrogens with one attached hydrogen (secondary N) is 2. The van der Waals surface area contributed by atoms with Crippen molar-refractivity contribution in [1.29, 1.82) is 0 Å². The molecule has 1 aromatic carbocycles. The van der Waals surface area contributed by atoms with Gasteiger partial charge in [-0.2, -0.15) is 0 Å². The van der Waals surface area contributed by atoms with Crippen molar-refractivity contribution in [3.05, 3.63) is 55.7 Å². The lowest BCUT2D eigenvalue weighted by Gasteiger charge is -2.06. The third-order valence-corrected chi connectivity index (χ3v) is 5.07. The summed E-state index contributed by atoms with van der Waals surface area (Å²) in [4.78, 5) is 43.7. The number of anilines is 1. The molecule has 4 rings (SSSR count). The molecule has 2 heterocycles. The Morgan fingerprint density at radius 3 is 2.92 bits per heavy atom. The number of H-pyrrole nitrogens is 1. The van der Waals surface area contributed by atoms with Gasteiger partial charge in [0.2, 0.25) is 0 Å². The van der Waals surface area contributed by atoms with E-state index in [0.29, 0.717) is 34.1 Å². The Hall–Kier alpha value is -2.74. The molecule has 0 unspecified atom stereocenters. The summed E-state index contributed by atoms with van der Waals surface area (Å²) in [5.41, 5.74) is 0.905. The van der Waals surface area contributed by atoms with Gasteiger partial charge in [0.05, 0.1) is 16.6 Å². The number of aromatic amines is 1. The van der Waals surface area contributed by atoms with Crippen LogP contribution < -0.4 is 16.6 Å². The Balaban J connectivity index is 1.65. The minimum absolute atomic E-state index is 0.291. The summed E-state index contributed by atoms with van der Waals surface area (Å²) >= 11 is 1.40. The Kier molecular flexibility index (Phi) is 3.76. The van der Waals surface area contributed by atoms with Gasteiger partial charge in [-0.1, -0.05) is 0 Å². The SMILES string of the molecule is CCn1c(=O)[nH]c2cc(C(=O)Nc3nc(C4CC4)cs3)ccc2c1=O. The number of nitrogens with zero attached hydrogens (tertiary/aromatic N) is 2. The first-order valence-corrected chi connectivity index (χ1v) is 8.98. The van der Waals surface area contributed by atoms with E-state index in [-0.39, 0.29) is 11.5 Å². The van der Waals surface area contributed by atoms with Crippen LogP contribution in [0.4, 0.5) is 5.13 Å². The zero-order valence-corrected chi connectivity index (χ0v) is 14.4.